The maximum atomic E-state index is 12.6. The molecule has 1 atom stereocenters. The highest BCUT2D eigenvalue weighted by molar-refractivity contribution is 6.10. The first kappa shape index (κ1) is 22.1. The van der Waals surface area contributed by atoms with Crippen LogP contribution in [-0.2, 0) is 14.3 Å². The van der Waals surface area contributed by atoms with Crippen molar-refractivity contribution < 1.29 is 29.0 Å². The molecule has 12 nitrogen and oxygen atoms in total. The summed E-state index contributed by atoms with van der Waals surface area (Å²) >= 11 is 0. The highest BCUT2D eigenvalue weighted by Crippen LogP contribution is 2.21. The molecule has 0 aliphatic carbocycles. The Balaban J connectivity index is 1.86. The summed E-state index contributed by atoms with van der Waals surface area (Å²) in [7, 11) is 1.13. The van der Waals surface area contributed by atoms with Crippen molar-refractivity contribution in [2.45, 2.75) is 13.0 Å². The molecule has 1 heterocycles. The highest BCUT2D eigenvalue weighted by Gasteiger charge is 2.23. The van der Waals surface area contributed by atoms with Crippen molar-refractivity contribution in [3.8, 4) is 0 Å². The van der Waals surface area contributed by atoms with Crippen LogP contribution in [0.25, 0.3) is 11.0 Å². The molecule has 0 fully saturated rings. The number of methoxy groups -OCH3 is 1. The van der Waals surface area contributed by atoms with E-state index >= 15 is 0 Å². The molecular weight excluding hydrogens is 422 g/mol. The van der Waals surface area contributed by atoms with E-state index in [1.807, 2.05) is 0 Å². The lowest BCUT2D eigenvalue weighted by atomic mass is 10.1. The number of Topliss-reactive ketones (excluding diaryl/α,β-unsaturated/α-hetero) is 1. The normalized spacial score (nSPS) is 11.9. The molecule has 164 valence electrons. The van der Waals surface area contributed by atoms with Gasteiger partial charge in [0.1, 0.15) is 0 Å². The van der Waals surface area contributed by atoms with Crippen LogP contribution in [0.1, 0.15) is 27.6 Å². The largest absolute Gasteiger partial charge is 0.478 e. The van der Waals surface area contributed by atoms with Crippen LogP contribution >= 0.6 is 0 Å². The number of carbonyl (C=O) groups is 4. The molecule has 0 saturated carbocycles. The monoisotopic (exact) mass is 439 g/mol. The molecular formula is C20H17N5O7. The third-order valence-electron chi connectivity index (χ3n) is 4.29. The van der Waals surface area contributed by atoms with Gasteiger partial charge in [-0.05, 0) is 43.3 Å². The number of rotatable bonds is 7. The van der Waals surface area contributed by atoms with E-state index in [0.717, 1.165) is 26.2 Å². The van der Waals surface area contributed by atoms with Crippen LogP contribution in [0.2, 0.25) is 0 Å². The van der Waals surface area contributed by atoms with Crippen molar-refractivity contribution in [3.63, 3.8) is 0 Å². The van der Waals surface area contributed by atoms with Gasteiger partial charge in [-0.2, -0.15) is 10.2 Å². The number of fused-ring (bicyclic) bond motifs is 1. The van der Waals surface area contributed by atoms with Crippen LogP contribution in [-0.4, -0.2) is 51.9 Å². The average Bonchev–Trinajstić information content (AvgIpc) is 3.12. The lowest BCUT2D eigenvalue weighted by Crippen LogP contribution is -2.31. The number of anilines is 1. The van der Waals surface area contributed by atoms with E-state index in [1.54, 1.807) is 6.07 Å². The van der Waals surface area contributed by atoms with Gasteiger partial charge in [-0.3, -0.25) is 9.59 Å². The highest BCUT2D eigenvalue weighted by atomic mass is 16.5. The molecule has 4 N–H and O–H groups in total. The maximum Gasteiger partial charge on any atom is 0.337 e. The van der Waals surface area contributed by atoms with Crippen molar-refractivity contribution >= 4 is 46.0 Å². The molecule has 32 heavy (non-hydrogen) atoms. The van der Waals surface area contributed by atoms with Gasteiger partial charge >= 0.3 is 17.6 Å². The quantitative estimate of drug-likeness (QED) is 0.246. The standard InChI is InChI=1S/C20H17N5O7/c1-9(26)16(17(27)21-12-3-4-14-15(8-12)23-20(31)22-14)25-24-13-6-10(18(28)29)5-11(7-13)19(30)32-2/h3-8,16H,1-2H3,(H,21,27)(H,28,29)(H2,22,23,31)/b25-24+. The molecule has 1 unspecified atom stereocenters. The van der Waals surface area contributed by atoms with E-state index in [-0.39, 0.29) is 16.8 Å². The van der Waals surface area contributed by atoms with Gasteiger partial charge in [0.25, 0.3) is 5.91 Å². The van der Waals surface area contributed by atoms with Gasteiger partial charge < -0.3 is 25.1 Å². The van der Waals surface area contributed by atoms with Crippen molar-refractivity contribution in [1.29, 1.82) is 0 Å². The van der Waals surface area contributed by atoms with Crippen LogP contribution < -0.4 is 11.0 Å². The molecule has 2 aromatic carbocycles. The second kappa shape index (κ2) is 9.04. The lowest BCUT2D eigenvalue weighted by molar-refractivity contribution is -0.126. The number of esters is 1. The summed E-state index contributed by atoms with van der Waals surface area (Å²) < 4.78 is 4.58. The van der Waals surface area contributed by atoms with Crippen LogP contribution in [0.5, 0.6) is 0 Å². The molecule has 0 radical (unpaired) electrons. The van der Waals surface area contributed by atoms with E-state index in [9.17, 15) is 29.1 Å². The maximum absolute atomic E-state index is 12.6. The molecule has 12 heteroatoms. The molecule has 0 aliphatic rings. The predicted octanol–water partition coefficient (Wildman–Crippen LogP) is 2.02. The van der Waals surface area contributed by atoms with Gasteiger partial charge in [-0.1, -0.05) is 0 Å². The number of benzene rings is 2. The zero-order valence-electron chi connectivity index (χ0n) is 16.8. The first-order valence-electron chi connectivity index (χ1n) is 9.09. The zero-order valence-corrected chi connectivity index (χ0v) is 16.8. The van der Waals surface area contributed by atoms with Gasteiger partial charge in [0.05, 0.1) is 35.0 Å². The molecule has 1 aromatic heterocycles. The van der Waals surface area contributed by atoms with Gasteiger partial charge in [0, 0.05) is 5.69 Å². The van der Waals surface area contributed by atoms with Crippen molar-refractivity contribution in [2.75, 3.05) is 12.4 Å². The van der Waals surface area contributed by atoms with Gasteiger partial charge in [0.2, 0.25) is 6.04 Å². The molecule has 0 saturated heterocycles. The Hall–Kier alpha value is -4.61. The Morgan fingerprint density at radius 2 is 1.72 bits per heavy atom. The topological polar surface area (TPSA) is 183 Å². The number of nitrogens with zero attached hydrogens (tertiary/aromatic N) is 2. The molecule has 3 aromatic rings. The number of ketones is 1. The van der Waals surface area contributed by atoms with E-state index in [1.165, 1.54) is 18.2 Å². The first-order valence-corrected chi connectivity index (χ1v) is 9.09. The van der Waals surface area contributed by atoms with E-state index in [2.05, 4.69) is 30.3 Å². The van der Waals surface area contributed by atoms with Gasteiger partial charge in [-0.15, -0.1) is 0 Å². The van der Waals surface area contributed by atoms with Crippen LogP contribution in [0.15, 0.2) is 51.4 Å². The summed E-state index contributed by atoms with van der Waals surface area (Å²) in [4.78, 5) is 64.1. The minimum Gasteiger partial charge on any atom is -0.478 e. The third-order valence-corrected chi connectivity index (χ3v) is 4.29. The number of aromatic nitrogens is 2. The number of amides is 1. The molecule has 0 bridgehead atoms. The van der Waals surface area contributed by atoms with E-state index in [0.29, 0.717) is 16.7 Å². The van der Waals surface area contributed by atoms with Crippen molar-refractivity contribution in [3.05, 3.63) is 58.0 Å². The van der Waals surface area contributed by atoms with E-state index < -0.39 is 35.4 Å². The summed E-state index contributed by atoms with van der Waals surface area (Å²) in [5, 5.41) is 19.2. The SMILES string of the molecule is COC(=O)c1cc(/N=N/C(C(C)=O)C(=O)Nc2ccc3[nH]c(=O)[nH]c3c2)cc(C(=O)O)c1. The number of hydrogen-bond acceptors (Lipinski definition) is 8. The second-order valence-corrected chi connectivity index (χ2v) is 6.62. The smallest absolute Gasteiger partial charge is 0.337 e. The Kier molecular flexibility index (Phi) is 6.24. The van der Waals surface area contributed by atoms with Gasteiger partial charge in [-0.25, -0.2) is 14.4 Å². The first-order chi connectivity index (χ1) is 15.2. The number of azo groups is 1. The fourth-order valence-electron chi connectivity index (χ4n) is 2.79. The zero-order chi connectivity index (χ0) is 23.4. The number of carboxylic acids is 1. The summed E-state index contributed by atoms with van der Waals surface area (Å²) in [5.74, 6) is -3.51. The Morgan fingerprint density at radius 3 is 2.38 bits per heavy atom. The second-order valence-electron chi connectivity index (χ2n) is 6.62. The fourth-order valence-corrected chi connectivity index (χ4v) is 2.79. The Labute approximate surface area is 179 Å². The summed E-state index contributed by atoms with van der Waals surface area (Å²) in [5.41, 5.74) is 0.494. The van der Waals surface area contributed by atoms with Crippen molar-refractivity contribution in [2.24, 2.45) is 10.2 Å². The Bertz CT molecular complexity index is 1320. The van der Waals surface area contributed by atoms with Gasteiger partial charge in [0.15, 0.2) is 5.78 Å². The average molecular weight is 439 g/mol. The summed E-state index contributed by atoms with van der Waals surface area (Å²) in [6, 6.07) is 6.50. The number of carboxylic acid groups (broad SMARTS) is 1. The van der Waals surface area contributed by atoms with Crippen LogP contribution in [0.4, 0.5) is 11.4 Å². The number of ether oxygens (including phenoxy) is 1. The van der Waals surface area contributed by atoms with E-state index in [4.69, 9.17) is 0 Å². The fraction of sp³-hybridized carbons (Fsp3) is 0.150. The number of carbonyl (C=O) groups excluding carboxylic acids is 3. The molecule has 1 amide bonds. The molecule has 0 spiro atoms. The number of H-pyrrole nitrogens is 2. The number of aromatic carboxylic acids is 1. The third kappa shape index (κ3) is 4.92. The minimum absolute atomic E-state index is 0.0596. The number of hydrogen-bond donors (Lipinski definition) is 4. The Morgan fingerprint density at radius 1 is 1.03 bits per heavy atom. The lowest BCUT2D eigenvalue weighted by Gasteiger charge is -2.09. The molecule has 0 aliphatic heterocycles. The molecule has 3 rings (SSSR count). The predicted molar refractivity (Wildman–Crippen MR) is 111 cm³/mol. The van der Waals surface area contributed by atoms with Crippen LogP contribution in [0, 0.1) is 0 Å². The number of aromatic amines is 2. The number of imidazole rings is 1. The summed E-state index contributed by atoms with van der Waals surface area (Å²) in [6.45, 7) is 1.14. The van der Waals surface area contributed by atoms with Crippen LogP contribution in [0.3, 0.4) is 0 Å². The summed E-state index contributed by atoms with van der Waals surface area (Å²) in [6.07, 6.45) is 0. The minimum atomic E-state index is -1.54. The number of nitrogens with one attached hydrogen (secondary N) is 3. The van der Waals surface area contributed by atoms with Crippen molar-refractivity contribution in [1.82, 2.24) is 9.97 Å².